The van der Waals surface area contributed by atoms with E-state index in [-0.39, 0.29) is 0 Å². The van der Waals surface area contributed by atoms with Gasteiger partial charge in [0.25, 0.3) is 0 Å². The minimum atomic E-state index is 0.375. The van der Waals surface area contributed by atoms with Gasteiger partial charge < -0.3 is 15.8 Å². The Kier molecular flexibility index (Phi) is 3.18. The first-order chi connectivity index (χ1) is 7.27. The van der Waals surface area contributed by atoms with Gasteiger partial charge in [-0.25, -0.2) is 0 Å². The van der Waals surface area contributed by atoms with Crippen LogP contribution in [0.4, 0.5) is 5.69 Å². The Morgan fingerprint density at radius 2 is 2.27 bits per heavy atom. The minimum absolute atomic E-state index is 0.375. The molecule has 1 atom stereocenters. The Bertz CT molecular complexity index is 361. The maximum Gasteiger partial charge on any atom is 0.106 e. The predicted octanol–water partition coefficient (Wildman–Crippen LogP) is 1.52. The van der Waals surface area contributed by atoms with Gasteiger partial charge >= 0.3 is 0 Å². The quantitative estimate of drug-likeness (QED) is 0.761. The summed E-state index contributed by atoms with van der Waals surface area (Å²) in [5.74, 6) is 0. The van der Waals surface area contributed by atoms with Gasteiger partial charge in [-0.2, -0.15) is 0 Å². The number of nitrogens with one attached hydrogen (secondary N) is 1. The highest BCUT2D eigenvalue weighted by molar-refractivity contribution is 7.80. The van der Waals surface area contributed by atoms with Crippen molar-refractivity contribution in [1.29, 1.82) is 0 Å². The number of rotatable bonds is 3. The number of benzene rings is 1. The van der Waals surface area contributed by atoms with E-state index in [0.717, 1.165) is 30.9 Å². The molecule has 15 heavy (non-hydrogen) atoms. The third-order valence-corrected chi connectivity index (χ3v) is 2.70. The molecule has 1 saturated heterocycles. The van der Waals surface area contributed by atoms with Crippen molar-refractivity contribution >= 4 is 22.9 Å². The summed E-state index contributed by atoms with van der Waals surface area (Å²) in [6.45, 7) is 1.58. The molecule has 3 N–H and O–H groups in total. The average molecular weight is 222 g/mol. The van der Waals surface area contributed by atoms with Crippen LogP contribution in [0.5, 0.6) is 0 Å². The van der Waals surface area contributed by atoms with E-state index < -0.39 is 0 Å². The highest BCUT2D eigenvalue weighted by atomic mass is 32.1. The molecule has 1 aromatic carbocycles. The van der Waals surface area contributed by atoms with Crippen LogP contribution >= 0.6 is 12.2 Å². The molecule has 80 valence electrons. The summed E-state index contributed by atoms with van der Waals surface area (Å²) in [6, 6.07) is 8.21. The predicted molar refractivity (Wildman–Crippen MR) is 65.2 cm³/mol. The lowest BCUT2D eigenvalue weighted by Crippen LogP contribution is -2.21. The molecule has 3 nitrogen and oxygen atoms in total. The molecule has 2 rings (SSSR count). The van der Waals surface area contributed by atoms with Crippen molar-refractivity contribution in [3.8, 4) is 0 Å². The summed E-state index contributed by atoms with van der Waals surface area (Å²) < 4.78 is 5.30. The first kappa shape index (κ1) is 10.4. The van der Waals surface area contributed by atoms with Gasteiger partial charge in [0.15, 0.2) is 0 Å². The van der Waals surface area contributed by atoms with Gasteiger partial charge in [-0.3, -0.25) is 0 Å². The van der Waals surface area contributed by atoms with Gasteiger partial charge in [-0.1, -0.05) is 24.4 Å². The van der Waals surface area contributed by atoms with Crippen molar-refractivity contribution in [2.75, 3.05) is 18.5 Å². The zero-order valence-electron chi connectivity index (χ0n) is 8.40. The number of hydrogen-bond donors (Lipinski definition) is 2. The lowest BCUT2D eigenvalue weighted by molar-refractivity contribution is 0.195. The molecule has 1 aliphatic rings. The standard InChI is InChI=1S/C11H14N2OS/c12-11(15)9-3-1-2-4-10(9)13-8-5-6-14-7-8/h1-4,8,13H,5-7H2,(H2,12,15). The first-order valence-corrected chi connectivity index (χ1v) is 5.41. The van der Waals surface area contributed by atoms with Crippen LogP contribution in [-0.2, 0) is 4.74 Å². The summed E-state index contributed by atoms with van der Waals surface area (Å²) >= 11 is 5.00. The molecular weight excluding hydrogens is 208 g/mol. The fourth-order valence-corrected chi connectivity index (χ4v) is 1.87. The van der Waals surface area contributed by atoms with E-state index in [1.54, 1.807) is 0 Å². The SMILES string of the molecule is NC(=S)c1ccccc1NC1CCOC1. The molecule has 4 heteroatoms. The van der Waals surface area contributed by atoms with Crippen LogP contribution in [0.15, 0.2) is 24.3 Å². The van der Waals surface area contributed by atoms with Crippen LogP contribution in [0.2, 0.25) is 0 Å². The van der Waals surface area contributed by atoms with E-state index in [4.69, 9.17) is 22.7 Å². The Labute approximate surface area is 94.6 Å². The molecule has 0 aliphatic carbocycles. The molecule has 1 aromatic rings. The third-order valence-electron chi connectivity index (χ3n) is 2.48. The van der Waals surface area contributed by atoms with E-state index in [2.05, 4.69) is 5.32 Å². The smallest absolute Gasteiger partial charge is 0.106 e. The second-order valence-electron chi connectivity index (χ2n) is 3.61. The van der Waals surface area contributed by atoms with E-state index in [1.807, 2.05) is 24.3 Å². The Hall–Kier alpha value is -1.13. The highest BCUT2D eigenvalue weighted by Crippen LogP contribution is 2.18. The van der Waals surface area contributed by atoms with Crippen LogP contribution in [0, 0.1) is 0 Å². The van der Waals surface area contributed by atoms with E-state index in [9.17, 15) is 0 Å². The van der Waals surface area contributed by atoms with Crippen molar-refractivity contribution < 1.29 is 4.74 Å². The number of para-hydroxylation sites is 1. The second-order valence-corrected chi connectivity index (χ2v) is 4.05. The zero-order valence-corrected chi connectivity index (χ0v) is 9.22. The van der Waals surface area contributed by atoms with Crippen molar-refractivity contribution in [3.05, 3.63) is 29.8 Å². The number of thiocarbonyl (C=S) groups is 1. The van der Waals surface area contributed by atoms with E-state index >= 15 is 0 Å². The molecule has 1 heterocycles. The minimum Gasteiger partial charge on any atom is -0.389 e. The van der Waals surface area contributed by atoms with Crippen LogP contribution in [0.1, 0.15) is 12.0 Å². The molecule has 0 spiro atoms. The van der Waals surface area contributed by atoms with Crippen molar-refractivity contribution in [2.24, 2.45) is 5.73 Å². The molecule has 0 radical (unpaired) electrons. The maximum atomic E-state index is 5.65. The molecule has 0 bridgehead atoms. The van der Waals surface area contributed by atoms with Gasteiger partial charge in [0, 0.05) is 17.9 Å². The molecule has 1 unspecified atom stereocenters. The summed E-state index contributed by atoms with van der Waals surface area (Å²) in [5.41, 5.74) is 7.55. The summed E-state index contributed by atoms with van der Waals surface area (Å²) in [4.78, 5) is 0.428. The third kappa shape index (κ3) is 2.46. The lowest BCUT2D eigenvalue weighted by atomic mass is 10.1. The fraction of sp³-hybridized carbons (Fsp3) is 0.364. The second kappa shape index (κ2) is 4.59. The van der Waals surface area contributed by atoms with Gasteiger partial charge in [0.05, 0.1) is 12.6 Å². The topological polar surface area (TPSA) is 47.3 Å². The van der Waals surface area contributed by atoms with Crippen LogP contribution in [0.25, 0.3) is 0 Å². The van der Waals surface area contributed by atoms with E-state index in [0.29, 0.717) is 11.0 Å². The molecule has 1 aliphatic heterocycles. The monoisotopic (exact) mass is 222 g/mol. The van der Waals surface area contributed by atoms with Crippen molar-refractivity contribution in [3.63, 3.8) is 0 Å². The Balaban J connectivity index is 2.15. The lowest BCUT2D eigenvalue weighted by Gasteiger charge is -2.15. The molecule has 0 aromatic heterocycles. The number of hydrogen-bond acceptors (Lipinski definition) is 3. The Morgan fingerprint density at radius 3 is 2.93 bits per heavy atom. The normalized spacial score (nSPS) is 20.1. The molecule has 0 saturated carbocycles. The van der Waals surface area contributed by atoms with Crippen molar-refractivity contribution in [1.82, 2.24) is 0 Å². The van der Waals surface area contributed by atoms with Crippen LogP contribution < -0.4 is 11.1 Å². The van der Waals surface area contributed by atoms with Gasteiger partial charge in [0.2, 0.25) is 0 Å². The zero-order chi connectivity index (χ0) is 10.7. The van der Waals surface area contributed by atoms with Gasteiger partial charge in [-0.05, 0) is 18.6 Å². The summed E-state index contributed by atoms with van der Waals surface area (Å²) in [6.07, 6.45) is 1.03. The maximum absolute atomic E-state index is 5.65. The largest absolute Gasteiger partial charge is 0.389 e. The number of nitrogens with two attached hydrogens (primary N) is 1. The van der Waals surface area contributed by atoms with Gasteiger partial charge in [-0.15, -0.1) is 0 Å². The molecule has 0 amide bonds. The summed E-state index contributed by atoms with van der Waals surface area (Å²) in [5, 5.41) is 3.40. The number of anilines is 1. The molecule has 1 fully saturated rings. The average Bonchev–Trinajstić information content (AvgIpc) is 2.71. The first-order valence-electron chi connectivity index (χ1n) is 5.00. The highest BCUT2D eigenvalue weighted by Gasteiger charge is 2.16. The van der Waals surface area contributed by atoms with Crippen molar-refractivity contribution in [2.45, 2.75) is 12.5 Å². The fourth-order valence-electron chi connectivity index (χ4n) is 1.69. The van der Waals surface area contributed by atoms with Crippen LogP contribution in [-0.4, -0.2) is 24.2 Å². The Morgan fingerprint density at radius 1 is 1.47 bits per heavy atom. The summed E-state index contributed by atoms with van der Waals surface area (Å²) in [7, 11) is 0. The van der Waals surface area contributed by atoms with Crippen LogP contribution in [0.3, 0.4) is 0 Å². The van der Waals surface area contributed by atoms with Gasteiger partial charge in [0.1, 0.15) is 4.99 Å². The molecular formula is C11H14N2OS. The van der Waals surface area contributed by atoms with E-state index in [1.165, 1.54) is 0 Å². The number of ether oxygens (including phenoxy) is 1.